The molecule has 1 aromatic heterocycles. The number of aryl methyl sites for hydroxylation is 1. The number of hydrazone groups is 1. The van der Waals surface area contributed by atoms with Crippen LogP contribution in [-0.4, -0.2) is 49.3 Å². The lowest BCUT2D eigenvalue weighted by molar-refractivity contribution is -0.898. The maximum Gasteiger partial charge on any atom is 0.309 e. The summed E-state index contributed by atoms with van der Waals surface area (Å²) >= 11 is 0. The molecule has 3 heterocycles. The number of methoxy groups -OCH3 is 1. The number of nitrogens with one attached hydrogen (secondary N) is 1. The number of nitrogens with zero attached hydrogens (tertiary/aromatic N) is 2. The first kappa shape index (κ1) is 20.3. The van der Waals surface area contributed by atoms with E-state index >= 15 is 0 Å². The van der Waals surface area contributed by atoms with Gasteiger partial charge < -0.3 is 14.1 Å². The molecule has 1 aromatic carbocycles. The summed E-state index contributed by atoms with van der Waals surface area (Å²) in [5.41, 5.74) is 3.11. The molecule has 1 amide bonds. The predicted octanol–water partition coefficient (Wildman–Crippen LogP) is 1.73. The highest BCUT2D eigenvalue weighted by Gasteiger charge is 2.37. The van der Waals surface area contributed by atoms with Crippen LogP contribution in [-0.2, 0) is 14.3 Å². The average Bonchev–Trinajstić information content (AvgIpc) is 3.44. The van der Waals surface area contributed by atoms with E-state index in [1.807, 2.05) is 31.2 Å². The van der Waals surface area contributed by atoms with Crippen LogP contribution < -0.4 is 4.90 Å². The largest absolute Gasteiger partial charge is 0.469 e. The van der Waals surface area contributed by atoms with Crippen molar-refractivity contribution < 1.29 is 23.6 Å². The fourth-order valence-electron chi connectivity index (χ4n) is 4.26. The first-order chi connectivity index (χ1) is 14.5. The van der Waals surface area contributed by atoms with Crippen LogP contribution in [0.2, 0.25) is 0 Å². The number of carbonyl (C=O) groups is 2. The van der Waals surface area contributed by atoms with Crippen molar-refractivity contribution in [2.45, 2.75) is 32.2 Å². The highest BCUT2D eigenvalue weighted by atomic mass is 16.5. The molecule has 1 atom stereocenters. The Labute approximate surface area is 176 Å². The third-order valence-electron chi connectivity index (χ3n) is 6.05. The summed E-state index contributed by atoms with van der Waals surface area (Å²) in [7, 11) is 1.43. The third kappa shape index (κ3) is 4.31. The van der Waals surface area contributed by atoms with Crippen molar-refractivity contribution in [2.24, 2.45) is 11.0 Å². The van der Waals surface area contributed by atoms with E-state index in [0.717, 1.165) is 43.0 Å². The minimum atomic E-state index is -0.226. The summed E-state index contributed by atoms with van der Waals surface area (Å²) in [6.07, 6.45) is 3.75. The maximum atomic E-state index is 13.2. The lowest BCUT2D eigenvalue weighted by atomic mass is 9.97. The van der Waals surface area contributed by atoms with Gasteiger partial charge in [-0.15, -0.1) is 0 Å². The van der Waals surface area contributed by atoms with Crippen molar-refractivity contribution in [3.63, 3.8) is 0 Å². The second-order valence-corrected chi connectivity index (χ2v) is 8.11. The Hall–Kier alpha value is -2.93. The van der Waals surface area contributed by atoms with Gasteiger partial charge in [0, 0.05) is 19.3 Å². The smallest absolute Gasteiger partial charge is 0.309 e. The van der Waals surface area contributed by atoms with Gasteiger partial charge in [-0.05, 0) is 24.6 Å². The monoisotopic (exact) mass is 410 g/mol. The number of piperidine rings is 1. The zero-order valence-electron chi connectivity index (χ0n) is 17.5. The number of benzene rings is 1. The van der Waals surface area contributed by atoms with Gasteiger partial charge in [0.1, 0.15) is 11.8 Å². The fourth-order valence-corrected chi connectivity index (χ4v) is 4.26. The zero-order valence-corrected chi connectivity index (χ0v) is 17.5. The van der Waals surface area contributed by atoms with Gasteiger partial charge in [-0.1, -0.05) is 29.8 Å². The van der Waals surface area contributed by atoms with Gasteiger partial charge in [0.25, 0.3) is 5.91 Å². The van der Waals surface area contributed by atoms with E-state index in [1.54, 1.807) is 11.3 Å². The first-order valence-electron chi connectivity index (χ1n) is 10.5. The van der Waals surface area contributed by atoms with Crippen molar-refractivity contribution in [1.29, 1.82) is 0 Å². The highest BCUT2D eigenvalue weighted by Crippen LogP contribution is 2.33. The van der Waals surface area contributed by atoms with E-state index in [4.69, 9.17) is 14.3 Å². The summed E-state index contributed by atoms with van der Waals surface area (Å²) in [5, 5.41) is 6.29. The SMILES string of the molecule is COC(=O)C1CC[NH+](CC(=O)N2N=C(c3ccc(C)cc3)C[C@@H]2c2ccco2)CC1. The number of esters is 1. The number of quaternary nitrogens is 1. The van der Waals surface area contributed by atoms with Gasteiger partial charge in [-0.3, -0.25) is 9.59 Å². The molecule has 4 rings (SSSR count). The molecule has 0 unspecified atom stereocenters. The number of ether oxygens (including phenoxy) is 1. The molecule has 2 aliphatic heterocycles. The first-order valence-corrected chi connectivity index (χ1v) is 10.5. The van der Waals surface area contributed by atoms with Gasteiger partial charge >= 0.3 is 5.97 Å². The van der Waals surface area contributed by atoms with E-state index in [-0.39, 0.29) is 23.8 Å². The summed E-state index contributed by atoms with van der Waals surface area (Å²) in [6.45, 7) is 3.96. The number of rotatable bonds is 5. The Kier molecular flexibility index (Phi) is 5.99. The number of furan rings is 1. The van der Waals surface area contributed by atoms with Crippen LogP contribution in [0, 0.1) is 12.8 Å². The fraction of sp³-hybridized carbons (Fsp3) is 0.435. The number of hydrogen-bond donors (Lipinski definition) is 1. The summed E-state index contributed by atoms with van der Waals surface area (Å²) in [4.78, 5) is 26.1. The van der Waals surface area contributed by atoms with Crippen molar-refractivity contribution in [2.75, 3.05) is 26.7 Å². The van der Waals surface area contributed by atoms with Crippen LogP contribution in [0.4, 0.5) is 0 Å². The number of carbonyl (C=O) groups excluding carboxylic acids is 2. The van der Waals surface area contributed by atoms with Crippen LogP contribution in [0.15, 0.2) is 52.2 Å². The highest BCUT2D eigenvalue weighted by molar-refractivity contribution is 6.03. The van der Waals surface area contributed by atoms with Gasteiger partial charge in [0.15, 0.2) is 6.54 Å². The normalized spacial score (nSPS) is 23.9. The molecule has 1 fully saturated rings. The summed E-state index contributed by atoms with van der Waals surface area (Å²) in [6, 6.07) is 11.7. The average molecular weight is 410 g/mol. The summed E-state index contributed by atoms with van der Waals surface area (Å²) in [5.74, 6) is 0.520. The van der Waals surface area contributed by atoms with Crippen LogP contribution in [0.25, 0.3) is 0 Å². The molecule has 0 bridgehead atoms. The molecule has 158 valence electrons. The van der Waals surface area contributed by atoms with Crippen molar-refractivity contribution in [3.05, 3.63) is 59.5 Å². The standard InChI is InChI=1S/C23H27N3O4/c1-16-5-7-17(8-6-16)19-14-20(21-4-3-13-30-21)26(24-19)22(27)15-25-11-9-18(10-12-25)23(28)29-2/h3-8,13,18,20H,9-12,14-15H2,1-2H3/p+1/t20-/m1/s1. The predicted molar refractivity (Wildman–Crippen MR) is 111 cm³/mol. The van der Waals surface area contributed by atoms with E-state index in [2.05, 4.69) is 12.1 Å². The molecule has 1 saturated heterocycles. The van der Waals surface area contributed by atoms with E-state index in [0.29, 0.717) is 13.0 Å². The Morgan fingerprint density at radius 3 is 2.57 bits per heavy atom. The molecule has 0 saturated carbocycles. The number of likely N-dealkylation sites (tertiary alicyclic amines) is 1. The maximum absolute atomic E-state index is 13.2. The molecule has 2 aromatic rings. The minimum absolute atomic E-state index is 0.0231. The van der Waals surface area contributed by atoms with Crippen LogP contribution in [0.5, 0.6) is 0 Å². The molecule has 0 radical (unpaired) electrons. The van der Waals surface area contributed by atoms with E-state index in [9.17, 15) is 9.59 Å². The molecule has 30 heavy (non-hydrogen) atoms. The van der Waals surface area contributed by atoms with Crippen LogP contribution in [0.1, 0.15) is 42.2 Å². The Morgan fingerprint density at radius 1 is 1.20 bits per heavy atom. The van der Waals surface area contributed by atoms with Gasteiger partial charge in [-0.25, -0.2) is 5.01 Å². The lowest BCUT2D eigenvalue weighted by Crippen LogP contribution is -3.14. The Morgan fingerprint density at radius 2 is 1.93 bits per heavy atom. The van der Waals surface area contributed by atoms with E-state index in [1.165, 1.54) is 17.6 Å². The second kappa shape index (κ2) is 8.83. The topological polar surface area (TPSA) is 76.6 Å². The van der Waals surface area contributed by atoms with E-state index < -0.39 is 0 Å². The molecule has 0 spiro atoms. The lowest BCUT2D eigenvalue weighted by Gasteiger charge is -2.29. The number of hydrogen-bond acceptors (Lipinski definition) is 5. The number of amides is 1. The van der Waals surface area contributed by atoms with Gasteiger partial charge in [0.05, 0.1) is 38.1 Å². The zero-order chi connectivity index (χ0) is 21.1. The second-order valence-electron chi connectivity index (χ2n) is 8.11. The molecular formula is C23H28N3O4+. The Balaban J connectivity index is 1.47. The van der Waals surface area contributed by atoms with Crippen molar-refractivity contribution >= 4 is 17.6 Å². The molecule has 2 aliphatic rings. The third-order valence-corrected chi connectivity index (χ3v) is 6.05. The molecule has 7 heteroatoms. The molecular weight excluding hydrogens is 382 g/mol. The van der Waals surface area contributed by atoms with Crippen LogP contribution in [0.3, 0.4) is 0 Å². The van der Waals surface area contributed by atoms with Crippen molar-refractivity contribution in [3.8, 4) is 0 Å². The van der Waals surface area contributed by atoms with Gasteiger partial charge in [0.2, 0.25) is 0 Å². The minimum Gasteiger partial charge on any atom is -0.469 e. The molecule has 0 aliphatic carbocycles. The Bertz CT molecular complexity index is 912. The van der Waals surface area contributed by atoms with Gasteiger partial charge in [-0.2, -0.15) is 5.10 Å². The quantitative estimate of drug-likeness (QED) is 0.762. The van der Waals surface area contributed by atoms with Crippen molar-refractivity contribution in [1.82, 2.24) is 5.01 Å². The summed E-state index contributed by atoms with van der Waals surface area (Å²) < 4.78 is 10.5. The molecule has 1 N–H and O–H groups in total. The van der Waals surface area contributed by atoms with Crippen LogP contribution >= 0.6 is 0 Å². The molecule has 7 nitrogen and oxygen atoms in total.